The van der Waals surface area contributed by atoms with Crippen LogP contribution in [0.4, 0.5) is 0 Å². The zero-order chi connectivity index (χ0) is 14.7. The van der Waals surface area contributed by atoms with E-state index < -0.39 is 0 Å². The van der Waals surface area contributed by atoms with Crippen LogP contribution in [-0.2, 0) is 19.4 Å². The van der Waals surface area contributed by atoms with E-state index in [2.05, 4.69) is 25.9 Å². The van der Waals surface area contributed by atoms with Gasteiger partial charge in [0.2, 0.25) is 0 Å². The van der Waals surface area contributed by atoms with Crippen LogP contribution < -0.4 is 0 Å². The summed E-state index contributed by atoms with van der Waals surface area (Å²) in [5.74, 6) is 1.09. The largest absolute Gasteiger partial charge is 0.393 e. The van der Waals surface area contributed by atoms with Crippen LogP contribution in [0.5, 0.6) is 0 Å². The number of hydrogen-bond acceptors (Lipinski definition) is 2. The third-order valence-corrected chi connectivity index (χ3v) is 5.21. The molecule has 3 atom stereocenters. The molecule has 114 valence electrons. The molecular weight excluding hydrogens is 272 g/mol. The Hall–Kier alpha value is -0.540. The molecule has 1 heterocycles. The summed E-state index contributed by atoms with van der Waals surface area (Å²) in [6.07, 6.45) is 5.96. The van der Waals surface area contributed by atoms with Crippen molar-refractivity contribution >= 4 is 11.6 Å². The summed E-state index contributed by atoms with van der Waals surface area (Å²) in [5, 5.41) is 15.7. The van der Waals surface area contributed by atoms with Crippen LogP contribution in [0.1, 0.15) is 57.8 Å². The molecule has 1 saturated carbocycles. The third kappa shape index (κ3) is 3.20. The van der Waals surface area contributed by atoms with E-state index in [9.17, 15) is 5.11 Å². The van der Waals surface area contributed by atoms with Crippen molar-refractivity contribution in [3.05, 3.63) is 16.4 Å². The van der Waals surface area contributed by atoms with Gasteiger partial charge >= 0.3 is 0 Å². The van der Waals surface area contributed by atoms with Gasteiger partial charge in [0.1, 0.15) is 0 Å². The van der Waals surface area contributed by atoms with Crippen molar-refractivity contribution in [2.45, 2.75) is 71.9 Å². The van der Waals surface area contributed by atoms with E-state index in [1.54, 1.807) is 0 Å². The SMILES string of the molecule is CCc1nn(CC)c(CC2CC(CC)CCC2O)c1Cl. The lowest BCUT2D eigenvalue weighted by Crippen LogP contribution is -2.31. The Morgan fingerprint density at radius 1 is 1.30 bits per heavy atom. The zero-order valence-electron chi connectivity index (χ0n) is 12.9. The minimum Gasteiger partial charge on any atom is -0.393 e. The number of aryl methyl sites for hydroxylation is 2. The minimum atomic E-state index is -0.181. The van der Waals surface area contributed by atoms with Crippen LogP contribution in [0.15, 0.2) is 0 Å². The molecule has 1 N–H and O–H groups in total. The van der Waals surface area contributed by atoms with Gasteiger partial charge in [-0.2, -0.15) is 5.10 Å². The molecule has 3 unspecified atom stereocenters. The smallest absolute Gasteiger partial charge is 0.0849 e. The van der Waals surface area contributed by atoms with Gasteiger partial charge in [-0.25, -0.2) is 0 Å². The van der Waals surface area contributed by atoms with E-state index >= 15 is 0 Å². The van der Waals surface area contributed by atoms with E-state index in [4.69, 9.17) is 11.6 Å². The minimum absolute atomic E-state index is 0.181. The predicted molar refractivity (Wildman–Crippen MR) is 83.1 cm³/mol. The lowest BCUT2D eigenvalue weighted by Gasteiger charge is -2.33. The standard InChI is InChI=1S/C16H27ClN2O/c1-4-11-7-8-15(20)12(9-11)10-14-16(17)13(5-2)18-19(14)6-3/h11-12,15,20H,4-10H2,1-3H3. The molecule has 3 nitrogen and oxygen atoms in total. The second kappa shape index (κ2) is 6.95. The molecule has 0 bridgehead atoms. The van der Waals surface area contributed by atoms with Gasteiger partial charge in [0.05, 0.1) is 22.5 Å². The van der Waals surface area contributed by atoms with Crippen LogP contribution in [-0.4, -0.2) is 21.0 Å². The number of rotatable bonds is 5. The Morgan fingerprint density at radius 2 is 2.05 bits per heavy atom. The van der Waals surface area contributed by atoms with E-state index in [0.29, 0.717) is 5.92 Å². The Morgan fingerprint density at radius 3 is 2.65 bits per heavy atom. The summed E-state index contributed by atoms with van der Waals surface area (Å²) in [4.78, 5) is 0. The van der Waals surface area contributed by atoms with Crippen molar-refractivity contribution in [3.63, 3.8) is 0 Å². The maximum absolute atomic E-state index is 10.3. The number of aliphatic hydroxyl groups excluding tert-OH is 1. The van der Waals surface area contributed by atoms with Crippen LogP contribution in [0.25, 0.3) is 0 Å². The van der Waals surface area contributed by atoms with Gasteiger partial charge in [-0.1, -0.05) is 31.9 Å². The summed E-state index contributed by atoms with van der Waals surface area (Å²) in [7, 11) is 0. The molecule has 20 heavy (non-hydrogen) atoms. The number of nitrogens with zero attached hydrogens (tertiary/aromatic N) is 2. The van der Waals surface area contributed by atoms with Gasteiger partial charge in [0.15, 0.2) is 0 Å². The molecule has 1 aliphatic rings. The maximum Gasteiger partial charge on any atom is 0.0849 e. The lowest BCUT2D eigenvalue weighted by molar-refractivity contribution is 0.0465. The monoisotopic (exact) mass is 298 g/mol. The summed E-state index contributed by atoms with van der Waals surface area (Å²) in [6.45, 7) is 7.27. The molecule has 1 aromatic heterocycles. The summed E-state index contributed by atoms with van der Waals surface area (Å²) in [6, 6.07) is 0. The zero-order valence-corrected chi connectivity index (χ0v) is 13.7. The molecule has 2 rings (SSSR count). The first-order valence-corrected chi connectivity index (χ1v) is 8.40. The summed E-state index contributed by atoms with van der Waals surface area (Å²) >= 11 is 6.48. The van der Waals surface area contributed by atoms with E-state index in [-0.39, 0.29) is 6.10 Å². The van der Waals surface area contributed by atoms with Crippen molar-refractivity contribution in [1.82, 2.24) is 9.78 Å². The van der Waals surface area contributed by atoms with Gasteiger partial charge in [-0.05, 0) is 50.9 Å². The van der Waals surface area contributed by atoms with Crippen LogP contribution >= 0.6 is 11.6 Å². The molecule has 0 amide bonds. The second-order valence-corrected chi connectivity index (χ2v) is 6.37. The fourth-order valence-electron chi connectivity index (χ4n) is 3.40. The van der Waals surface area contributed by atoms with Crippen molar-refractivity contribution < 1.29 is 5.11 Å². The van der Waals surface area contributed by atoms with Crippen molar-refractivity contribution in [3.8, 4) is 0 Å². The van der Waals surface area contributed by atoms with Crippen LogP contribution in [0.2, 0.25) is 5.02 Å². The molecule has 1 aromatic rings. The van der Waals surface area contributed by atoms with Gasteiger partial charge in [0.25, 0.3) is 0 Å². The van der Waals surface area contributed by atoms with Gasteiger partial charge in [-0.15, -0.1) is 0 Å². The molecule has 0 spiro atoms. The fraction of sp³-hybridized carbons (Fsp3) is 0.812. The molecule has 1 fully saturated rings. The number of hydrogen-bond donors (Lipinski definition) is 1. The summed E-state index contributed by atoms with van der Waals surface area (Å²) < 4.78 is 2.02. The van der Waals surface area contributed by atoms with Crippen molar-refractivity contribution in [2.75, 3.05) is 0 Å². The predicted octanol–water partition coefficient (Wildman–Crippen LogP) is 3.85. The maximum atomic E-state index is 10.3. The van der Waals surface area contributed by atoms with E-state index in [1.807, 2.05) is 4.68 Å². The number of halogens is 1. The molecule has 0 aliphatic heterocycles. The summed E-state index contributed by atoms with van der Waals surface area (Å²) in [5.41, 5.74) is 2.10. The molecular formula is C16H27ClN2O. The first kappa shape index (κ1) is 15.8. The lowest BCUT2D eigenvalue weighted by atomic mass is 9.76. The Labute approximate surface area is 127 Å². The Kier molecular flexibility index (Phi) is 5.50. The highest BCUT2D eigenvalue weighted by molar-refractivity contribution is 6.31. The van der Waals surface area contributed by atoms with Crippen LogP contribution in [0, 0.1) is 11.8 Å². The first-order chi connectivity index (χ1) is 9.60. The first-order valence-electron chi connectivity index (χ1n) is 8.02. The molecule has 1 aliphatic carbocycles. The van der Waals surface area contributed by atoms with Crippen molar-refractivity contribution in [2.24, 2.45) is 11.8 Å². The number of aromatic nitrogens is 2. The van der Waals surface area contributed by atoms with Crippen LogP contribution in [0.3, 0.4) is 0 Å². The quantitative estimate of drug-likeness (QED) is 0.896. The third-order valence-electron chi connectivity index (χ3n) is 4.78. The Balaban J connectivity index is 2.17. The van der Waals surface area contributed by atoms with Gasteiger partial charge < -0.3 is 5.11 Å². The molecule has 0 saturated heterocycles. The highest BCUT2D eigenvalue weighted by Crippen LogP contribution is 2.35. The Bertz CT molecular complexity index is 444. The van der Waals surface area contributed by atoms with E-state index in [0.717, 1.165) is 61.0 Å². The highest BCUT2D eigenvalue weighted by atomic mass is 35.5. The average Bonchev–Trinajstić information content (AvgIpc) is 2.77. The topological polar surface area (TPSA) is 38.0 Å². The fourth-order valence-corrected chi connectivity index (χ4v) is 3.74. The number of aliphatic hydroxyl groups is 1. The second-order valence-electron chi connectivity index (χ2n) is 6.00. The molecule has 4 heteroatoms. The highest BCUT2D eigenvalue weighted by Gasteiger charge is 2.30. The van der Waals surface area contributed by atoms with Gasteiger partial charge in [0, 0.05) is 6.54 Å². The van der Waals surface area contributed by atoms with Gasteiger partial charge in [-0.3, -0.25) is 4.68 Å². The molecule has 0 radical (unpaired) electrons. The van der Waals surface area contributed by atoms with E-state index in [1.165, 1.54) is 6.42 Å². The van der Waals surface area contributed by atoms with Crippen molar-refractivity contribution in [1.29, 1.82) is 0 Å². The molecule has 0 aromatic carbocycles. The normalized spacial score (nSPS) is 26.9. The average molecular weight is 299 g/mol.